The third kappa shape index (κ3) is 3.27. The summed E-state index contributed by atoms with van der Waals surface area (Å²) >= 11 is 0. The van der Waals surface area contributed by atoms with Crippen molar-refractivity contribution in [2.75, 3.05) is 13.1 Å². The molecule has 1 aromatic rings. The highest BCUT2D eigenvalue weighted by Crippen LogP contribution is 2.21. The zero-order valence-electron chi connectivity index (χ0n) is 11.0. The van der Waals surface area contributed by atoms with Gasteiger partial charge in [-0.25, -0.2) is 4.39 Å². The maximum absolute atomic E-state index is 12.8. The molecule has 0 bridgehead atoms. The molecule has 0 radical (unpaired) electrons. The standard InChI is InChI=1S/C14H22FN3/c1-2-12-4-3-8-18(12)9-7-13(16)14-6-5-11(15)10-17-14/h5-6,10,12-13H,2-4,7-9,16H2,1H3. The molecular weight excluding hydrogens is 229 g/mol. The van der Waals surface area contributed by atoms with Gasteiger partial charge in [0.1, 0.15) is 5.82 Å². The molecule has 18 heavy (non-hydrogen) atoms. The molecule has 2 unspecified atom stereocenters. The van der Waals surface area contributed by atoms with Crippen LogP contribution in [-0.4, -0.2) is 29.0 Å². The van der Waals surface area contributed by atoms with Crippen molar-refractivity contribution in [3.8, 4) is 0 Å². The van der Waals surface area contributed by atoms with E-state index < -0.39 is 0 Å². The van der Waals surface area contributed by atoms with E-state index in [4.69, 9.17) is 5.73 Å². The molecule has 2 heterocycles. The molecule has 0 spiro atoms. The number of nitrogens with two attached hydrogens (primary N) is 1. The molecule has 1 saturated heterocycles. The van der Waals surface area contributed by atoms with Crippen molar-refractivity contribution in [2.24, 2.45) is 5.73 Å². The van der Waals surface area contributed by atoms with Crippen molar-refractivity contribution in [1.29, 1.82) is 0 Å². The van der Waals surface area contributed by atoms with Gasteiger partial charge >= 0.3 is 0 Å². The van der Waals surface area contributed by atoms with E-state index >= 15 is 0 Å². The Morgan fingerprint density at radius 1 is 1.56 bits per heavy atom. The largest absolute Gasteiger partial charge is 0.323 e. The van der Waals surface area contributed by atoms with Crippen molar-refractivity contribution >= 4 is 0 Å². The van der Waals surface area contributed by atoms with Crippen LogP contribution in [0.3, 0.4) is 0 Å². The van der Waals surface area contributed by atoms with Crippen LogP contribution in [0.25, 0.3) is 0 Å². The molecule has 2 atom stereocenters. The smallest absolute Gasteiger partial charge is 0.141 e. The van der Waals surface area contributed by atoms with E-state index in [2.05, 4.69) is 16.8 Å². The van der Waals surface area contributed by atoms with Gasteiger partial charge in [-0.1, -0.05) is 6.92 Å². The van der Waals surface area contributed by atoms with E-state index in [0.717, 1.165) is 24.7 Å². The third-order valence-corrected chi connectivity index (χ3v) is 3.83. The maximum Gasteiger partial charge on any atom is 0.141 e. The van der Waals surface area contributed by atoms with Crippen molar-refractivity contribution in [1.82, 2.24) is 9.88 Å². The maximum atomic E-state index is 12.8. The lowest BCUT2D eigenvalue weighted by molar-refractivity contribution is 0.239. The van der Waals surface area contributed by atoms with Crippen LogP contribution in [0.1, 0.15) is 44.3 Å². The summed E-state index contributed by atoms with van der Waals surface area (Å²) in [6.45, 7) is 4.44. The molecule has 2 N–H and O–H groups in total. The van der Waals surface area contributed by atoms with Gasteiger partial charge in [-0.2, -0.15) is 0 Å². The molecule has 3 nitrogen and oxygen atoms in total. The molecule has 1 aromatic heterocycles. The molecule has 2 rings (SSSR count). The number of aromatic nitrogens is 1. The first-order valence-electron chi connectivity index (χ1n) is 6.81. The summed E-state index contributed by atoms with van der Waals surface area (Å²) < 4.78 is 12.8. The van der Waals surface area contributed by atoms with Gasteiger partial charge in [0.25, 0.3) is 0 Å². The molecule has 0 aliphatic carbocycles. The van der Waals surface area contributed by atoms with Gasteiger partial charge in [-0.15, -0.1) is 0 Å². The highest BCUT2D eigenvalue weighted by Gasteiger charge is 2.23. The number of likely N-dealkylation sites (tertiary alicyclic amines) is 1. The molecule has 100 valence electrons. The molecule has 0 aromatic carbocycles. The summed E-state index contributed by atoms with van der Waals surface area (Å²) in [6, 6.07) is 3.73. The molecule has 4 heteroatoms. The zero-order chi connectivity index (χ0) is 13.0. The Morgan fingerprint density at radius 2 is 2.39 bits per heavy atom. The minimum absolute atomic E-state index is 0.0938. The van der Waals surface area contributed by atoms with Gasteiger partial charge in [-0.3, -0.25) is 4.98 Å². The number of nitrogens with zero attached hydrogens (tertiary/aromatic N) is 2. The summed E-state index contributed by atoms with van der Waals surface area (Å²) in [5.41, 5.74) is 6.88. The molecular formula is C14H22FN3. The number of halogens is 1. The first kappa shape index (κ1) is 13.4. The minimum Gasteiger partial charge on any atom is -0.323 e. The average Bonchev–Trinajstić information content (AvgIpc) is 2.84. The molecule has 1 fully saturated rings. The fourth-order valence-electron chi connectivity index (χ4n) is 2.71. The predicted molar refractivity (Wildman–Crippen MR) is 70.6 cm³/mol. The number of pyridine rings is 1. The quantitative estimate of drug-likeness (QED) is 0.874. The SMILES string of the molecule is CCC1CCCN1CCC(N)c1ccc(F)cn1. The van der Waals surface area contributed by atoms with E-state index in [0.29, 0.717) is 0 Å². The normalized spacial score (nSPS) is 22.3. The summed E-state index contributed by atoms with van der Waals surface area (Å²) in [5, 5.41) is 0. The van der Waals surface area contributed by atoms with Crippen LogP contribution in [-0.2, 0) is 0 Å². The van der Waals surface area contributed by atoms with Crippen molar-refractivity contribution in [3.63, 3.8) is 0 Å². The van der Waals surface area contributed by atoms with Crippen molar-refractivity contribution < 1.29 is 4.39 Å². The van der Waals surface area contributed by atoms with Crippen LogP contribution in [0.5, 0.6) is 0 Å². The Kier molecular flexibility index (Phi) is 4.66. The fraction of sp³-hybridized carbons (Fsp3) is 0.643. The Morgan fingerprint density at radius 3 is 3.06 bits per heavy atom. The molecule has 1 aliphatic heterocycles. The summed E-state index contributed by atoms with van der Waals surface area (Å²) in [5.74, 6) is -0.309. The van der Waals surface area contributed by atoms with E-state index in [1.807, 2.05) is 0 Å². The highest BCUT2D eigenvalue weighted by atomic mass is 19.1. The van der Waals surface area contributed by atoms with E-state index in [1.54, 1.807) is 6.07 Å². The third-order valence-electron chi connectivity index (χ3n) is 3.83. The average molecular weight is 251 g/mol. The second-order valence-corrected chi connectivity index (χ2v) is 5.04. The number of hydrogen-bond donors (Lipinski definition) is 1. The molecule has 0 saturated carbocycles. The van der Waals surface area contributed by atoms with Crippen LogP contribution in [0.4, 0.5) is 4.39 Å². The second kappa shape index (κ2) is 6.25. The van der Waals surface area contributed by atoms with E-state index in [1.165, 1.54) is 38.1 Å². The van der Waals surface area contributed by atoms with E-state index in [-0.39, 0.29) is 11.9 Å². The lowest BCUT2D eigenvalue weighted by atomic mass is 10.1. The van der Waals surface area contributed by atoms with Crippen LogP contribution in [0, 0.1) is 5.82 Å². The summed E-state index contributed by atoms with van der Waals surface area (Å²) in [6.07, 6.45) is 5.93. The van der Waals surface area contributed by atoms with Crippen molar-refractivity contribution in [3.05, 3.63) is 29.8 Å². The minimum atomic E-state index is -0.309. The lowest BCUT2D eigenvalue weighted by Crippen LogP contribution is -2.31. The summed E-state index contributed by atoms with van der Waals surface area (Å²) in [4.78, 5) is 6.56. The van der Waals surface area contributed by atoms with Crippen LogP contribution < -0.4 is 5.73 Å². The van der Waals surface area contributed by atoms with Gasteiger partial charge in [0.05, 0.1) is 11.9 Å². The fourth-order valence-corrected chi connectivity index (χ4v) is 2.71. The highest BCUT2D eigenvalue weighted by molar-refractivity contribution is 5.09. The van der Waals surface area contributed by atoms with Gasteiger partial charge in [-0.05, 0) is 44.4 Å². The zero-order valence-corrected chi connectivity index (χ0v) is 11.0. The topological polar surface area (TPSA) is 42.1 Å². The van der Waals surface area contributed by atoms with Crippen LogP contribution >= 0.6 is 0 Å². The Balaban J connectivity index is 1.84. The predicted octanol–water partition coefficient (Wildman–Crippen LogP) is 2.49. The Bertz CT molecular complexity index is 366. The Hall–Kier alpha value is -1.00. The van der Waals surface area contributed by atoms with Crippen molar-refractivity contribution in [2.45, 2.75) is 44.7 Å². The number of rotatable bonds is 5. The number of hydrogen-bond acceptors (Lipinski definition) is 3. The molecule has 0 amide bonds. The summed E-state index contributed by atoms with van der Waals surface area (Å²) in [7, 11) is 0. The van der Waals surface area contributed by atoms with Crippen LogP contribution in [0.15, 0.2) is 18.3 Å². The van der Waals surface area contributed by atoms with Gasteiger partial charge < -0.3 is 10.6 Å². The Labute approximate surface area is 108 Å². The first-order valence-corrected chi connectivity index (χ1v) is 6.81. The van der Waals surface area contributed by atoms with Gasteiger partial charge in [0, 0.05) is 18.6 Å². The van der Waals surface area contributed by atoms with E-state index in [9.17, 15) is 4.39 Å². The monoisotopic (exact) mass is 251 g/mol. The first-order chi connectivity index (χ1) is 8.70. The van der Waals surface area contributed by atoms with Crippen LogP contribution in [0.2, 0.25) is 0 Å². The molecule has 1 aliphatic rings. The second-order valence-electron chi connectivity index (χ2n) is 5.04. The lowest BCUT2D eigenvalue weighted by Gasteiger charge is -2.24. The van der Waals surface area contributed by atoms with Gasteiger partial charge in [0.2, 0.25) is 0 Å². The van der Waals surface area contributed by atoms with Gasteiger partial charge in [0.15, 0.2) is 0 Å².